The van der Waals surface area contributed by atoms with Gasteiger partial charge in [-0.05, 0) is 18.4 Å². The topological polar surface area (TPSA) is 64.3 Å². The van der Waals surface area contributed by atoms with Crippen LogP contribution in [0.2, 0.25) is 0 Å². The third-order valence-corrected chi connectivity index (χ3v) is 2.98. The lowest BCUT2D eigenvalue weighted by Gasteiger charge is -2.10. The monoisotopic (exact) mass is 254 g/mol. The molecule has 1 amide bonds. The first-order valence-electron chi connectivity index (χ1n) is 5.40. The van der Waals surface area contributed by atoms with E-state index in [-0.39, 0.29) is 5.91 Å². The number of hydrogen-bond acceptors (Lipinski definition) is 4. The molecule has 0 aliphatic rings. The summed E-state index contributed by atoms with van der Waals surface area (Å²) in [6.45, 7) is 7.07. The molecule has 3 N–H and O–H groups in total. The van der Waals surface area contributed by atoms with Gasteiger partial charge in [0, 0.05) is 11.4 Å². The highest BCUT2D eigenvalue weighted by Crippen LogP contribution is 2.16. The molecule has 0 aliphatic carbocycles. The smallest absolute Gasteiger partial charge is 0.242 e. The van der Waals surface area contributed by atoms with E-state index in [1.54, 1.807) is 0 Å². The zero-order valence-electron chi connectivity index (χ0n) is 9.94. The van der Waals surface area contributed by atoms with Gasteiger partial charge in [0.15, 0.2) is 0 Å². The fourth-order valence-electron chi connectivity index (χ4n) is 1.20. The molecule has 0 aromatic carbocycles. The van der Waals surface area contributed by atoms with E-state index in [0.29, 0.717) is 19.8 Å². The quantitative estimate of drug-likeness (QED) is 0.572. The van der Waals surface area contributed by atoms with Crippen molar-refractivity contribution in [1.29, 1.82) is 0 Å². The van der Waals surface area contributed by atoms with Gasteiger partial charge in [-0.3, -0.25) is 4.79 Å². The van der Waals surface area contributed by atoms with Gasteiger partial charge in [0.1, 0.15) is 6.04 Å². The van der Waals surface area contributed by atoms with Crippen molar-refractivity contribution >= 4 is 17.2 Å². The standard InChI is InChI=1S/C12H18N2O2S/c1-9(2)8-16-6-5-14-12(15)11(13)10-4-3-7-17-10/h3-4,7,11H,1,5-6,8,13H2,2H3,(H,14,15). The van der Waals surface area contributed by atoms with Crippen LogP contribution >= 0.6 is 11.3 Å². The number of thiophene rings is 1. The van der Waals surface area contributed by atoms with Crippen LogP contribution in [-0.2, 0) is 9.53 Å². The predicted molar refractivity (Wildman–Crippen MR) is 69.9 cm³/mol. The molecule has 0 saturated carbocycles. The third kappa shape index (κ3) is 5.12. The van der Waals surface area contributed by atoms with Crippen LogP contribution in [0, 0.1) is 0 Å². The van der Waals surface area contributed by atoms with Crippen LogP contribution in [0.1, 0.15) is 17.8 Å². The molecule has 1 rings (SSSR count). The third-order valence-electron chi connectivity index (χ3n) is 2.03. The Morgan fingerprint density at radius 2 is 2.47 bits per heavy atom. The number of ether oxygens (including phenoxy) is 1. The minimum absolute atomic E-state index is 0.175. The summed E-state index contributed by atoms with van der Waals surface area (Å²) in [5, 5.41) is 4.63. The maximum absolute atomic E-state index is 11.6. The number of nitrogens with two attached hydrogens (primary N) is 1. The summed E-state index contributed by atoms with van der Waals surface area (Å²) in [4.78, 5) is 12.5. The zero-order valence-corrected chi connectivity index (χ0v) is 10.8. The summed E-state index contributed by atoms with van der Waals surface area (Å²) in [7, 11) is 0. The first-order chi connectivity index (χ1) is 8.11. The molecule has 0 fully saturated rings. The van der Waals surface area contributed by atoms with Gasteiger partial charge in [0.2, 0.25) is 5.91 Å². The fourth-order valence-corrected chi connectivity index (χ4v) is 1.93. The molecule has 0 aliphatic heterocycles. The second-order valence-corrected chi connectivity index (χ2v) is 4.77. The van der Waals surface area contributed by atoms with Crippen LogP contribution in [0.4, 0.5) is 0 Å². The minimum Gasteiger partial charge on any atom is -0.375 e. The molecule has 1 atom stereocenters. The highest BCUT2D eigenvalue weighted by molar-refractivity contribution is 7.10. The summed E-state index contributed by atoms with van der Waals surface area (Å²) in [5.41, 5.74) is 6.75. The minimum atomic E-state index is -0.587. The fraction of sp³-hybridized carbons (Fsp3) is 0.417. The molecule has 0 spiro atoms. The van der Waals surface area contributed by atoms with Crippen molar-refractivity contribution in [2.24, 2.45) is 5.73 Å². The van der Waals surface area contributed by atoms with E-state index in [1.165, 1.54) is 11.3 Å². The Morgan fingerprint density at radius 1 is 1.71 bits per heavy atom. The van der Waals surface area contributed by atoms with Crippen LogP contribution in [-0.4, -0.2) is 25.7 Å². The number of carbonyl (C=O) groups is 1. The van der Waals surface area contributed by atoms with Gasteiger partial charge in [-0.15, -0.1) is 11.3 Å². The largest absolute Gasteiger partial charge is 0.375 e. The van der Waals surface area contributed by atoms with Crippen molar-refractivity contribution in [3.8, 4) is 0 Å². The summed E-state index contributed by atoms with van der Waals surface area (Å²) in [6.07, 6.45) is 0. The average Bonchev–Trinajstić information content (AvgIpc) is 2.80. The summed E-state index contributed by atoms with van der Waals surface area (Å²) in [5.74, 6) is -0.175. The van der Waals surface area contributed by atoms with Crippen LogP contribution in [0.15, 0.2) is 29.7 Å². The van der Waals surface area contributed by atoms with E-state index in [0.717, 1.165) is 10.5 Å². The van der Waals surface area contributed by atoms with Gasteiger partial charge in [0.05, 0.1) is 13.2 Å². The van der Waals surface area contributed by atoms with Gasteiger partial charge < -0.3 is 15.8 Å². The van der Waals surface area contributed by atoms with E-state index < -0.39 is 6.04 Å². The van der Waals surface area contributed by atoms with Crippen molar-refractivity contribution in [3.05, 3.63) is 34.5 Å². The second kappa shape index (κ2) is 7.21. The Balaban J connectivity index is 2.19. The van der Waals surface area contributed by atoms with Crippen molar-refractivity contribution in [3.63, 3.8) is 0 Å². The number of carbonyl (C=O) groups excluding carboxylic acids is 1. The van der Waals surface area contributed by atoms with Gasteiger partial charge >= 0.3 is 0 Å². The normalized spacial score (nSPS) is 12.1. The average molecular weight is 254 g/mol. The van der Waals surface area contributed by atoms with E-state index in [9.17, 15) is 4.79 Å². The molecule has 0 saturated heterocycles. The molecule has 0 radical (unpaired) electrons. The maximum Gasteiger partial charge on any atom is 0.242 e. The van der Waals surface area contributed by atoms with Crippen LogP contribution in [0.25, 0.3) is 0 Å². The van der Waals surface area contributed by atoms with E-state index in [1.807, 2.05) is 24.4 Å². The molecular formula is C12H18N2O2S. The summed E-state index contributed by atoms with van der Waals surface area (Å²) < 4.78 is 5.26. The molecule has 4 nitrogen and oxygen atoms in total. The van der Waals surface area contributed by atoms with Gasteiger partial charge in [0.25, 0.3) is 0 Å². The van der Waals surface area contributed by atoms with Crippen LogP contribution in [0.3, 0.4) is 0 Å². The molecule has 17 heavy (non-hydrogen) atoms. The Kier molecular flexibility index (Phi) is 5.90. The lowest BCUT2D eigenvalue weighted by molar-refractivity contribution is -0.122. The molecule has 5 heteroatoms. The highest BCUT2D eigenvalue weighted by atomic mass is 32.1. The van der Waals surface area contributed by atoms with E-state index in [2.05, 4.69) is 11.9 Å². The Bertz CT molecular complexity index is 363. The predicted octanol–water partition coefficient (Wildman–Crippen LogP) is 1.46. The zero-order chi connectivity index (χ0) is 12.7. The van der Waals surface area contributed by atoms with Gasteiger partial charge in [-0.1, -0.05) is 18.2 Å². The van der Waals surface area contributed by atoms with Crippen LogP contribution in [0.5, 0.6) is 0 Å². The van der Waals surface area contributed by atoms with Crippen LogP contribution < -0.4 is 11.1 Å². The molecule has 1 aromatic rings. The number of rotatable bonds is 7. The van der Waals surface area contributed by atoms with Gasteiger partial charge in [-0.2, -0.15) is 0 Å². The number of hydrogen-bond donors (Lipinski definition) is 2. The second-order valence-electron chi connectivity index (χ2n) is 3.79. The Labute approximate surface area is 105 Å². The van der Waals surface area contributed by atoms with Crippen molar-refractivity contribution in [2.75, 3.05) is 19.8 Å². The van der Waals surface area contributed by atoms with E-state index >= 15 is 0 Å². The first kappa shape index (κ1) is 13.9. The Hall–Kier alpha value is -1.17. The first-order valence-corrected chi connectivity index (χ1v) is 6.28. The summed E-state index contributed by atoms with van der Waals surface area (Å²) >= 11 is 1.48. The van der Waals surface area contributed by atoms with Crippen molar-refractivity contribution in [2.45, 2.75) is 13.0 Å². The number of amides is 1. The SMILES string of the molecule is C=C(C)COCCNC(=O)C(N)c1cccs1. The molecule has 94 valence electrons. The molecule has 1 heterocycles. The van der Waals surface area contributed by atoms with E-state index in [4.69, 9.17) is 10.5 Å². The molecular weight excluding hydrogens is 236 g/mol. The lowest BCUT2D eigenvalue weighted by atomic mass is 10.2. The lowest BCUT2D eigenvalue weighted by Crippen LogP contribution is -2.35. The van der Waals surface area contributed by atoms with Crippen molar-refractivity contribution in [1.82, 2.24) is 5.32 Å². The Morgan fingerprint density at radius 3 is 3.06 bits per heavy atom. The maximum atomic E-state index is 11.6. The number of nitrogens with one attached hydrogen (secondary N) is 1. The van der Waals surface area contributed by atoms with Crippen molar-refractivity contribution < 1.29 is 9.53 Å². The molecule has 0 bridgehead atoms. The van der Waals surface area contributed by atoms with Gasteiger partial charge in [-0.25, -0.2) is 0 Å². The molecule has 1 unspecified atom stereocenters. The summed E-state index contributed by atoms with van der Waals surface area (Å²) in [6, 6.07) is 3.14. The molecule has 1 aromatic heterocycles. The highest BCUT2D eigenvalue weighted by Gasteiger charge is 2.15.